The Kier molecular flexibility index (Phi) is 6.85. The molecule has 4 heterocycles. The maximum atomic E-state index is 13.0. The number of aryl methyl sites for hydroxylation is 1. The minimum Gasteiger partial charge on any atom is -0.456 e. The fourth-order valence-corrected chi connectivity index (χ4v) is 4.08. The van der Waals surface area contributed by atoms with Crippen LogP contribution in [0, 0.1) is 6.92 Å². The Morgan fingerprint density at radius 3 is 2.71 bits per heavy atom. The summed E-state index contributed by atoms with van der Waals surface area (Å²) >= 11 is 6.24. The lowest BCUT2D eigenvalue weighted by Crippen LogP contribution is -2.46. The number of H-pyrrole nitrogens is 1. The molecule has 0 spiro atoms. The zero-order valence-electron chi connectivity index (χ0n) is 19.1. The number of nitrogens with zero attached hydrogens (tertiary/aromatic N) is 4. The molecule has 1 aliphatic rings. The summed E-state index contributed by atoms with van der Waals surface area (Å²) in [6, 6.07) is 3.15. The van der Waals surface area contributed by atoms with Crippen molar-refractivity contribution in [2.24, 2.45) is 0 Å². The van der Waals surface area contributed by atoms with Crippen molar-refractivity contribution in [1.29, 1.82) is 0 Å². The molecule has 180 valence electrons. The van der Waals surface area contributed by atoms with E-state index < -0.39 is 24.1 Å². The number of carbonyl (C=O) groups is 1. The van der Waals surface area contributed by atoms with Gasteiger partial charge < -0.3 is 19.7 Å². The van der Waals surface area contributed by atoms with E-state index in [1.54, 1.807) is 18.0 Å². The second-order valence-electron chi connectivity index (χ2n) is 8.13. The molecule has 12 heteroatoms. The Morgan fingerprint density at radius 2 is 2.00 bits per heavy atom. The molecule has 0 aliphatic carbocycles. The molecular weight excluding hydrogens is 464 g/mol. The highest BCUT2D eigenvalue weighted by Gasteiger charge is 2.22. The number of fused-ring (bicyclic) bond motifs is 1. The van der Waals surface area contributed by atoms with Crippen LogP contribution in [-0.4, -0.2) is 63.5 Å². The summed E-state index contributed by atoms with van der Waals surface area (Å²) in [4.78, 5) is 50.5. The van der Waals surface area contributed by atoms with E-state index in [2.05, 4.69) is 20.3 Å². The number of aromatic amines is 1. The third-order valence-corrected chi connectivity index (χ3v) is 5.75. The lowest BCUT2D eigenvalue weighted by Gasteiger charge is -2.26. The number of amides is 1. The molecule has 34 heavy (non-hydrogen) atoms. The van der Waals surface area contributed by atoms with E-state index >= 15 is 0 Å². The number of aromatic nitrogens is 4. The van der Waals surface area contributed by atoms with Crippen LogP contribution in [0.5, 0.6) is 5.75 Å². The molecule has 4 rings (SSSR count). The number of halogens is 1. The second-order valence-corrected chi connectivity index (χ2v) is 8.52. The third-order valence-electron chi connectivity index (χ3n) is 5.55. The monoisotopic (exact) mass is 488 g/mol. The van der Waals surface area contributed by atoms with Crippen molar-refractivity contribution in [2.75, 3.05) is 33.0 Å². The van der Waals surface area contributed by atoms with Crippen LogP contribution in [0.1, 0.15) is 31.0 Å². The van der Waals surface area contributed by atoms with Gasteiger partial charge in [-0.15, -0.1) is 0 Å². The van der Waals surface area contributed by atoms with E-state index in [-0.39, 0.29) is 27.9 Å². The van der Waals surface area contributed by atoms with Crippen molar-refractivity contribution in [3.05, 3.63) is 55.6 Å². The predicted molar refractivity (Wildman–Crippen MR) is 126 cm³/mol. The number of hydrogen-bond donors (Lipinski definition) is 2. The van der Waals surface area contributed by atoms with Crippen molar-refractivity contribution >= 4 is 28.7 Å². The van der Waals surface area contributed by atoms with Gasteiger partial charge in [-0.1, -0.05) is 25.4 Å². The van der Waals surface area contributed by atoms with E-state index in [1.165, 1.54) is 10.6 Å². The summed E-state index contributed by atoms with van der Waals surface area (Å²) in [5.74, 6) is 0.0932. The van der Waals surface area contributed by atoms with Crippen molar-refractivity contribution in [3.8, 4) is 11.4 Å². The lowest BCUT2D eigenvalue weighted by atomic mass is 10.0. The van der Waals surface area contributed by atoms with Gasteiger partial charge in [-0.3, -0.25) is 14.8 Å². The Balaban J connectivity index is 1.76. The summed E-state index contributed by atoms with van der Waals surface area (Å²) in [5.41, 5.74) is 0.572. The highest BCUT2D eigenvalue weighted by molar-refractivity contribution is 6.30. The molecule has 11 nitrogen and oxygen atoms in total. The van der Waals surface area contributed by atoms with Crippen LogP contribution in [0.25, 0.3) is 16.7 Å². The standard InChI is InChI=1S/C22H25ClN6O5/c1-12(2)14-4-5-25-13(3)18(14)29-19-17(20(30)27-21(29)31)15(10-16(23)26-19)33-11-34-22(32)28-8-6-24-7-9-28/h4-5,10,12,24H,6-9,11H2,1-3H3,(H,27,30,31). The summed E-state index contributed by atoms with van der Waals surface area (Å²) in [6.07, 6.45) is 1.14. The first kappa shape index (κ1) is 23.7. The van der Waals surface area contributed by atoms with Gasteiger partial charge >= 0.3 is 11.8 Å². The molecule has 1 amide bonds. The molecule has 0 radical (unpaired) electrons. The quantitative estimate of drug-likeness (QED) is 0.411. The second kappa shape index (κ2) is 9.82. The van der Waals surface area contributed by atoms with Crippen LogP contribution in [-0.2, 0) is 4.74 Å². The molecule has 2 N–H and O–H groups in total. The molecule has 1 aliphatic heterocycles. The molecule has 3 aromatic rings. The van der Waals surface area contributed by atoms with Crippen LogP contribution in [0.15, 0.2) is 27.9 Å². The fourth-order valence-electron chi connectivity index (χ4n) is 3.91. The van der Waals surface area contributed by atoms with Gasteiger partial charge in [0.05, 0.1) is 11.4 Å². The Bertz CT molecular complexity index is 1350. The minimum absolute atomic E-state index is 0.000167. The van der Waals surface area contributed by atoms with Gasteiger partial charge in [-0.2, -0.15) is 0 Å². The van der Waals surface area contributed by atoms with Crippen LogP contribution in [0.2, 0.25) is 5.15 Å². The first-order chi connectivity index (χ1) is 16.3. The number of rotatable bonds is 5. The SMILES string of the molecule is Cc1nccc(C(C)C)c1-n1c(=O)[nH]c(=O)c2c(OCOC(=O)N3CCNCC3)cc(Cl)nc21. The van der Waals surface area contributed by atoms with Gasteiger partial charge in [0.2, 0.25) is 6.79 Å². The van der Waals surface area contributed by atoms with Crippen LogP contribution < -0.4 is 21.3 Å². The van der Waals surface area contributed by atoms with Crippen LogP contribution in [0.4, 0.5) is 4.79 Å². The average molecular weight is 489 g/mol. The van der Waals surface area contributed by atoms with Gasteiger partial charge in [0.1, 0.15) is 16.3 Å². The maximum absolute atomic E-state index is 13.0. The van der Waals surface area contributed by atoms with E-state index in [1.807, 2.05) is 19.9 Å². The molecule has 1 saturated heterocycles. The van der Waals surface area contributed by atoms with Gasteiger partial charge in [0.25, 0.3) is 5.56 Å². The van der Waals surface area contributed by atoms with E-state index in [0.29, 0.717) is 37.6 Å². The van der Waals surface area contributed by atoms with Crippen molar-refractivity contribution in [1.82, 2.24) is 29.7 Å². The number of piperazine rings is 1. The first-order valence-corrected chi connectivity index (χ1v) is 11.2. The van der Waals surface area contributed by atoms with E-state index in [4.69, 9.17) is 21.1 Å². The van der Waals surface area contributed by atoms with Gasteiger partial charge in [-0.25, -0.2) is 19.1 Å². The number of hydrogen-bond acceptors (Lipinski definition) is 8. The number of ether oxygens (including phenoxy) is 2. The third kappa shape index (κ3) is 4.62. The molecular formula is C22H25ClN6O5. The highest BCUT2D eigenvalue weighted by atomic mass is 35.5. The molecule has 0 atom stereocenters. The molecule has 0 aromatic carbocycles. The van der Waals surface area contributed by atoms with Gasteiger partial charge in [0, 0.05) is 38.4 Å². The summed E-state index contributed by atoms with van der Waals surface area (Å²) in [6.45, 7) is 7.70. The zero-order valence-corrected chi connectivity index (χ0v) is 19.8. The average Bonchev–Trinajstić information content (AvgIpc) is 2.79. The topological polar surface area (TPSA) is 131 Å². The molecule has 0 bridgehead atoms. The molecule has 0 unspecified atom stereocenters. The molecule has 3 aromatic heterocycles. The molecule has 0 saturated carbocycles. The van der Waals surface area contributed by atoms with Crippen LogP contribution in [0.3, 0.4) is 0 Å². The number of carbonyl (C=O) groups excluding carboxylic acids is 1. The van der Waals surface area contributed by atoms with Crippen molar-refractivity contribution in [2.45, 2.75) is 26.7 Å². The van der Waals surface area contributed by atoms with Crippen LogP contribution >= 0.6 is 11.6 Å². The lowest BCUT2D eigenvalue weighted by molar-refractivity contribution is 0.0335. The largest absolute Gasteiger partial charge is 0.456 e. The highest BCUT2D eigenvalue weighted by Crippen LogP contribution is 2.29. The summed E-state index contributed by atoms with van der Waals surface area (Å²) < 4.78 is 12.1. The summed E-state index contributed by atoms with van der Waals surface area (Å²) in [5, 5.41) is 3.15. The summed E-state index contributed by atoms with van der Waals surface area (Å²) in [7, 11) is 0. The van der Waals surface area contributed by atoms with E-state index in [0.717, 1.165) is 5.56 Å². The Hall–Kier alpha value is -3.44. The molecule has 1 fully saturated rings. The fraction of sp³-hybridized carbons (Fsp3) is 0.409. The Labute approximate surface area is 199 Å². The minimum atomic E-state index is -0.698. The predicted octanol–water partition coefficient (Wildman–Crippen LogP) is 1.93. The smallest absolute Gasteiger partial charge is 0.412 e. The number of nitrogens with one attached hydrogen (secondary N) is 2. The zero-order chi connectivity index (χ0) is 24.4. The van der Waals surface area contributed by atoms with Gasteiger partial charge in [-0.05, 0) is 24.5 Å². The van der Waals surface area contributed by atoms with Crippen molar-refractivity contribution in [3.63, 3.8) is 0 Å². The van der Waals surface area contributed by atoms with Crippen molar-refractivity contribution < 1.29 is 14.3 Å². The maximum Gasteiger partial charge on any atom is 0.412 e. The normalized spacial score (nSPS) is 14.0. The number of pyridine rings is 2. The van der Waals surface area contributed by atoms with Gasteiger partial charge in [0.15, 0.2) is 5.65 Å². The van der Waals surface area contributed by atoms with E-state index in [9.17, 15) is 14.4 Å². The Morgan fingerprint density at radius 1 is 1.26 bits per heavy atom. The first-order valence-electron chi connectivity index (χ1n) is 10.8.